The van der Waals surface area contributed by atoms with Crippen molar-refractivity contribution in [3.8, 4) is 0 Å². The number of rotatable bonds is 8. The molecule has 5 rings (SSSR count). The van der Waals surface area contributed by atoms with Crippen LogP contribution in [-0.4, -0.2) is 48.6 Å². The van der Waals surface area contributed by atoms with Gasteiger partial charge in [-0.1, -0.05) is 36.4 Å². The Bertz CT molecular complexity index is 1370. The maximum Gasteiger partial charge on any atom is 0.255 e. The van der Waals surface area contributed by atoms with Gasteiger partial charge in [-0.2, -0.15) is 0 Å². The third kappa shape index (κ3) is 4.77. The minimum absolute atomic E-state index is 0.0505. The number of amides is 1. The molecule has 2 N–H and O–H groups in total. The summed E-state index contributed by atoms with van der Waals surface area (Å²) in [7, 11) is 0. The van der Waals surface area contributed by atoms with E-state index in [1.165, 1.54) is 4.90 Å². The molecule has 0 spiro atoms. The Morgan fingerprint density at radius 3 is 2.46 bits per heavy atom. The Morgan fingerprint density at radius 1 is 1.03 bits per heavy atom. The van der Waals surface area contributed by atoms with Crippen LogP contribution < -0.4 is 0 Å². The molecular formula is C27H27N3O4S. The van der Waals surface area contributed by atoms with Crippen molar-refractivity contribution >= 4 is 34.1 Å². The molecule has 8 heteroatoms. The Balaban J connectivity index is 1.16. The van der Waals surface area contributed by atoms with Crippen molar-refractivity contribution in [1.82, 2.24) is 14.5 Å². The summed E-state index contributed by atoms with van der Waals surface area (Å²) in [4.78, 5) is 32.4. The summed E-state index contributed by atoms with van der Waals surface area (Å²) in [6.07, 6.45) is -3.00. The van der Waals surface area contributed by atoms with Crippen molar-refractivity contribution in [2.24, 2.45) is 0 Å². The number of nitrogens with zero attached hydrogens (tertiary/aromatic N) is 3. The molecule has 0 bridgehead atoms. The SMILES string of the molecule is Cc1nc2ccccc2n1Cc1cc(CCC(=O)[C@H](O)[C@@H](O)C(=O)N2Cc3ccccc3C2)cs1. The molecule has 180 valence electrons. The van der Waals surface area contributed by atoms with E-state index in [9.17, 15) is 19.8 Å². The van der Waals surface area contributed by atoms with Crippen LogP contribution in [0.25, 0.3) is 11.0 Å². The molecule has 0 aliphatic carbocycles. The Morgan fingerprint density at radius 2 is 1.71 bits per heavy atom. The highest BCUT2D eigenvalue weighted by Crippen LogP contribution is 2.24. The predicted molar refractivity (Wildman–Crippen MR) is 134 cm³/mol. The van der Waals surface area contributed by atoms with E-state index in [0.29, 0.717) is 26.1 Å². The van der Waals surface area contributed by atoms with Crippen LogP contribution in [0.3, 0.4) is 0 Å². The number of carbonyl (C=O) groups excluding carboxylic acids is 2. The van der Waals surface area contributed by atoms with Crippen LogP contribution in [0, 0.1) is 6.92 Å². The lowest BCUT2D eigenvalue weighted by molar-refractivity contribution is -0.152. The van der Waals surface area contributed by atoms with E-state index >= 15 is 0 Å². The number of fused-ring (bicyclic) bond motifs is 2. The normalized spacial score (nSPS) is 14.8. The number of thiophene rings is 1. The number of aliphatic hydroxyl groups is 2. The molecule has 0 saturated carbocycles. The standard InChI is InChI=1S/C27H27N3O4S/c1-17-28-22-8-4-5-9-23(22)30(17)15-21-12-18(16-35-21)10-11-24(31)25(32)26(33)27(34)29-13-19-6-2-3-7-20(19)14-29/h2-9,12,16,25-26,32-33H,10-11,13-15H2,1H3/t25-,26+/m0/s1. The van der Waals surface area contributed by atoms with Crippen molar-refractivity contribution in [2.75, 3.05) is 0 Å². The van der Waals surface area contributed by atoms with Gasteiger partial charge < -0.3 is 19.7 Å². The van der Waals surface area contributed by atoms with Crippen LogP contribution in [-0.2, 0) is 35.6 Å². The maximum atomic E-state index is 12.7. The fourth-order valence-electron chi connectivity index (χ4n) is 4.59. The lowest BCUT2D eigenvalue weighted by atomic mass is 10.0. The highest BCUT2D eigenvalue weighted by Gasteiger charge is 2.35. The molecule has 7 nitrogen and oxygen atoms in total. The fourth-order valence-corrected chi connectivity index (χ4v) is 5.51. The molecule has 4 aromatic rings. The summed E-state index contributed by atoms with van der Waals surface area (Å²) in [5, 5.41) is 22.8. The summed E-state index contributed by atoms with van der Waals surface area (Å²) in [6.45, 7) is 3.42. The summed E-state index contributed by atoms with van der Waals surface area (Å²) >= 11 is 1.61. The molecule has 1 amide bonds. The van der Waals surface area contributed by atoms with Gasteiger partial charge in [0.15, 0.2) is 11.9 Å². The zero-order valence-corrected chi connectivity index (χ0v) is 20.2. The van der Waals surface area contributed by atoms with E-state index in [0.717, 1.165) is 38.4 Å². The number of imidazole rings is 1. The third-order valence-electron chi connectivity index (χ3n) is 6.56. The van der Waals surface area contributed by atoms with Gasteiger partial charge in [-0.3, -0.25) is 9.59 Å². The number of hydrogen-bond acceptors (Lipinski definition) is 6. The van der Waals surface area contributed by atoms with E-state index in [1.54, 1.807) is 11.3 Å². The van der Waals surface area contributed by atoms with Crippen LogP contribution >= 0.6 is 11.3 Å². The Kier molecular flexibility index (Phi) is 6.51. The molecule has 35 heavy (non-hydrogen) atoms. The molecule has 0 radical (unpaired) electrons. The van der Waals surface area contributed by atoms with Gasteiger partial charge in [-0.05, 0) is 53.6 Å². The van der Waals surface area contributed by atoms with E-state index < -0.39 is 23.9 Å². The monoisotopic (exact) mass is 489 g/mol. The quantitative estimate of drug-likeness (QED) is 0.396. The van der Waals surface area contributed by atoms with Gasteiger partial charge in [0, 0.05) is 24.4 Å². The van der Waals surface area contributed by atoms with Gasteiger partial charge in [0.2, 0.25) is 0 Å². The molecule has 2 aromatic heterocycles. The number of hydrogen-bond donors (Lipinski definition) is 2. The number of aryl methyl sites for hydroxylation is 2. The van der Waals surface area contributed by atoms with Gasteiger partial charge >= 0.3 is 0 Å². The summed E-state index contributed by atoms with van der Waals surface area (Å²) in [5.41, 5.74) is 5.07. The number of ketones is 1. The van der Waals surface area contributed by atoms with Gasteiger partial charge in [0.25, 0.3) is 5.91 Å². The number of benzene rings is 2. The van der Waals surface area contributed by atoms with Crippen molar-refractivity contribution in [1.29, 1.82) is 0 Å². The maximum absolute atomic E-state index is 12.7. The van der Waals surface area contributed by atoms with E-state index in [2.05, 4.69) is 21.7 Å². The van der Waals surface area contributed by atoms with Crippen LogP contribution in [0.4, 0.5) is 0 Å². The average Bonchev–Trinajstić information content (AvgIpc) is 3.58. The predicted octanol–water partition coefficient (Wildman–Crippen LogP) is 3.22. The van der Waals surface area contributed by atoms with Crippen molar-refractivity contribution in [3.63, 3.8) is 0 Å². The Hall–Kier alpha value is -3.33. The highest BCUT2D eigenvalue weighted by molar-refractivity contribution is 7.10. The molecule has 2 atom stereocenters. The highest BCUT2D eigenvalue weighted by atomic mass is 32.1. The average molecular weight is 490 g/mol. The van der Waals surface area contributed by atoms with E-state index in [-0.39, 0.29) is 6.42 Å². The van der Waals surface area contributed by atoms with Crippen molar-refractivity contribution in [3.05, 3.63) is 87.4 Å². The second-order valence-corrected chi connectivity index (χ2v) is 9.97. The topological polar surface area (TPSA) is 95.7 Å². The molecular weight excluding hydrogens is 462 g/mol. The Labute approximate surface area is 207 Å². The second-order valence-electron chi connectivity index (χ2n) is 8.97. The number of aliphatic hydroxyl groups excluding tert-OH is 2. The number of para-hydroxylation sites is 2. The van der Waals surface area contributed by atoms with E-state index in [1.807, 2.05) is 54.8 Å². The molecule has 0 saturated heterocycles. The van der Waals surface area contributed by atoms with Gasteiger partial charge in [-0.15, -0.1) is 11.3 Å². The molecule has 0 fully saturated rings. The minimum atomic E-state index is -1.76. The zero-order valence-electron chi connectivity index (χ0n) is 19.4. The number of aromatic nitrogens is 2. The van der Waals surface area contributed by atoms with E-state index in [4.69, 9.17) is 0 Å². The lowest BCUT2D eigenvalue weighted by Gasteiger charge is -2.22. The minimum Gasteiger partial charge on any atom is -0.382 e. The molecule has 3 heterocycles. The zero-order chi connectivity index (χ0) is 24.5. The first kappa shape index (κ1) is 23.4. The molecule has 1 aliphatic rings. The first-order chi connectivity index (χ1) is 16.9. The van der Waals surface area contributed by atoms with Crippen LogP contribution in [0.5, 0.6) is 0 Å². The van der Waals surface area contributed by atoms with Crippen LogP contribution in [0.1, 0.15) is 33.8 Å². The number of Topliss-reactive ketones (excluding diaryl/α,β-unsaturated/α-hetero) is 1. The summed E-state index contributed by atoms with van der Waals surface area (Å²) < 4.78 is 2.17. The summed E-state index contributed by atoms with van der Waals surface area (Å²) in [5.74, 6) is -0.214. The fraction of sp³-hybridized carbons (Fsp3) is 0.296. The molecule has 1 aliphatic heterocycles. The first-order valence-corrected chi connectivity index (χ1v) is 12.5. The van der Waals surface area contributed by atoms with Crippen molar-refractivity contribution < 1.29 is 19.8 Å². The first-order valence-electron chi connectivity index (χ1n) is 11.6. The second kappa shape index (κ2) is 9.73. The van der Waals surface area contributed by atoms with Gasteiger partial charge in [0.05, 0.1) is 17.6 Å². The third-order valence-corrected chi connectivity index (χ3v) is 7.53. The van der Waals surface area contributed by atoms with Crippen LogP contribution in [0.15, 0.2) is 60.0 Å². The molecule has 2 aromatic carbocycles. The molecule has 0 unspecified atom stereocenters. The van der Waals surface area contributed by atoms with Crippen molar-refractivity contribution in [2.45, 2.75) is 51.6 Å². The van der Waals surface area contributed by atoms with Gasteiger partial charge in [-0.25, -0.2) is 4.98 Å². The lowest BCUT2D eigenvalue weighted by Crippen LogP contribution is -2.46. The van der Waals surface area contributed by atoms with Crippen LogP contribution in [0.2, 0.25) is 0 Å². The smallest absolute Gasteiger partial charge is 0.255 e. The van der Waals surface area contributed by atoms with Gasteiger partial charge in [0.1, 0.15) is 11.9 Å². The summed E-state index contributed by atoms with van der Waals surface area (Å²) in [6, 6.07) is 17.7. The largest absolute Gasteiger partial charge is 0.382 e. The number of carbonyl (C=O) groups is 2.